The van der Waals surface area contributed by atoms with Crippen molar-refractivity contribution in [3.05, 3.63) is 0 Å². The highest BCUT2D eigenvalue weighted by Crippen LogP contribution is 2.46. The maximum Gasteiger partial charge on any atom is 0.406 e. The van der Waals surface area contributed by atoms with E-state index in [0.717, 1.165) is 4.90 Å². The molecule has 0 bridgehead atoms. The molecule has 0 saturated carbocycles. The van der Waals surface area contributed by atoms with Crippen LogP contribution in [0.3, 0.4) is 0 Å². The SMILES string of the molecule is CC(C)NC(=O)N1CCC[C@H]1C(=O)N1CCC(C(=O)O)(C(F)(F)F)C1. The molecular formula is C15H22F3N3O4. The summed E-state index contributed by atoms with van der Waals surface area (Å²) in [6.07, 6.45) is -4.70. The first-order chi connectivity index (χ1) is 11.5. The van der Waals surface area contributed by atoms with E-state index in [0.29, 0.717) is 19.4 Å². The van der Waals surface area contributed by atoms with Crippen molar-refractivity contribution in [2.75, 3.05) is 19.6 Å². The number of halogens is 3. The van der Waals surface area contributed by atoms with Crippen molar-refractivity contribution in [3.8, 4) is 0 Å². The topological polar surface area (TPSA) is 90.0 Å². The summed E-state index contributed by atoms with van der Waals surface area (Å²) in [5, 5.41) is 11.7. The van der Waals surface area contributed by atoms with Crippen molar-refractivity contribution in [2.24, 2.45) is 5.41 Å². The zero-order valence-electron chi connectivity index (χ0n) is 14.1. The maximum absolute atomic E-state index is 13.2. The highest BCUT2D eigenvalue weighted by Gasteiger charge is 2.64. The largest absolute Gasteiger partial charge is 0.481 e. The van der Waals surface area contributed by atoms with E-state index in [1.165, 1.54) is 4.90 Å². The molecule has 0 aromatic heterocycles. The smallest absolute Gasteiger partial charge is 0.406 e. The van der Waals surface area contributed by atoms with E-state index in [1.54, 1.807) is 13.8 Å². The number of hydrogen-bond acceptors (Lipinski definition) is 3. The zero-order chi connectivity index (χ0) is 19.0. The lowest BCUT2D eigenvalue weighted by molar-refractivity contribution is -0.227. The van der Waals surface area contributed by atoms with Gasteiger partial charge in [0, 0.05) is 25.7 Å². The fraction of sp³-hybridized carbons (Fsp3) is 0.800. The normalized spacial score (nSPS) is 27.0. The summed E-state index contributed by atoms with van der Waals surface area (Å²) in [6, 6.07) is -1.43. The third-order valence-corrected chi connectivity index (χ3v) is 4.74. The van der Waals surface area contributed by atoms with Gasteiger partial charge in [0.2, 0.25) is 5.91 Å². The Balaban J connectivity index is 2.13. The van der Waals surface area contributed by atoms with E-state index in [9.17, 15) is 27.6 Å². The number of carboxylic acids is 1. The second-order valence-corrected chi connectivity index (χ2v) is 6.85. The van der Waals surface area contributed by atoms with E-state index < -0.39 is 48.5 Å². The molecule has 2 heterocycles. The van der Waals surface area contributed by atoms with Crippen LogP contribution in [0, 0.1) is 5.41 Å². The second-order valence-electron chi connectivity index (χ2n) is 6.85. The minimum absolute atomic E-state index is 0.138. The zero-order valence-corrected chi connectivity index (χ0v) is 14.1. The van der Waals surface area contributed by atoms with Gasteiger partial charge < -0.3 is 20.2 Å². The van der Waals surface area contributed by atoms with E-state index in [4.69, 9.17) is 5.11 Å². The average Bonchev–Trinajstić information content (AvgIpc) is 3.13. The minimum Gasteiger partial charge on any atom is -0.481 e. The number of carboxylic acid groups (broad SMARTS) is 1. The molecule has 0 aromatic carbocycles. The van der Waals surface area contributed by atoms with Gasteiger partial charge in [0.1, 0.15) is 6.04 Å². The molecule has 1 unspecified atom stereocenters. The first-order valence-electron chi connectivity index (χ1n) is 8.15. The van der Waals surface area contributed by atoms with Gasteiger partial charge in [0.05, 0.1) is 0 Å². The van der Waals surface area contributed by atoms with E-state index in [2.05, 4.69) is 5.32 Å². The number of carbonyl (C=O) groups excluding carboxylic acids is 2. The van der Waals surface area contributed by atoms with Crippen molar-refractivity contribution >= 4 is 17.9 Å². The number of hydrogen-bond donors (Lipinski definition) is 2. The molecule has 3 amide bonds. The Morgan fingerprint density at radius 3 is 2.36 bits per heavy atom. The van der Waals surface area contributed by atoms with Crippen LogP contribution in [0.5, 0.6) is 0 Å². The van der Waals surface area contributed by atoms with E-state index in [1.807, 2.05) is 0 Å². The van der Waals surface area contributed by atoms with Crippen LogP contribution in [0.15, 0.2) is 0 Å². The molecule has 10 heteroatoms. The Kier molecular flexibility index (Phi) is 5.19. The lowest BCUT2D eigenvalue weighted by Gasteiger charge is -2.30. The van der Waals surface area contributed by atoms with Gasteiger partial charge in [-0.05, 0) is 33.1 Å². The molecule has 2 fully saturated rings. The van der Waals surface area contributed by atoms with Gasteiger partial charge in [-0.15, -0.1) is 0 Å². The van der Waals surface area contributed by atoms with Gasteiger partial charge in [-0.2, -0.15) is 13.2 Å². The lowest BCUT2D eigenvalue weighted by atomic mass is 9.86. The average molecular weight is 365 g/mol. The number of urea groups is 1. The number of likely N-dealkylation sites (tertiary alicyclic amines) is 2. The summed E-state index contributed by atoms with van der Waals surface area (Å²) in [5.74, 6) is -2.60. The number of rotatable bonds is 3. The Bertz CT molecular complexity index is 567. The summed E-state index contributed by atoms with van der Waals surface area (Å²) in [7, 11) is 0. The fourth-order valence-electron chi connectivity index (χ4n) is 3.33. The first-order valence-corrected chi connectivity index (χ1v) is 8.15. The van der Waals surface area contributed by atoms with Crippen LogP contribution in [0.1, 0.15) is 33.1 Å². The van der Waals surface area contributed by atoms with Gasteiger partial charge in [-0.1, -0.05) is 0 Å². The van der Waals surface area contributed by atoms with Gasteiger partial charge in [0.15, 0.2) is 5.41 Å². The van der Waals surface area contributed by atoms with Gasteiger partial charge in [-0.3, -0.25) is 9.59 Å². The summed E-state index contributed by atoms with van der Waals surface area (Å²) >= 11 is 0. The van der Waals surface area contributed by atoms with Crippen LogP contribution >= 0.6 is 0 Å². The van der Waals surface area contributed by atoms with Crippen molar-refractivity contribution in [2.45, 2.75) is 51.4 Å². The number of nitrogens with zero attached hydrogens (tertiary/aromatic N) is 2. The molecular weight excluding hydrogens is 343 g/mol. The lowest BCUT2D eigenvalue weighted by Crippen LogP contribution is -2.53. The molecule has 2 N–H and O–H groups in total. The highest BCUT2D eigenvalue weighted by molar-refractivity contribution is 5.89. The number of carbonyl (C=O) groups is 3. The number of aliphatic carboxylic acids is 1. The molecule has 142 valence electrons. The predicted molar refractivity (Wildman–Crippen MR) is 80.7 cm³/mol. The molecule has 2 aliphatic heterocycles. The van der Waals surface area contributed by atoms with Crippen molar-refractivity contribution in [1.82, 2.24) is 15.1 Å². The summed E-state index contributed by atoms with van der Waals surface area (Å²) in [6.45, 7) is 2.65. The third kappa shape index (κ3) is 3.52. The number of alkyl halides is 3. The molecule has 7 nitrogen and oxygen atoms in total. The minimum atomic E-state index is -4.95. The van der Waals surface area contributed by atoms with Crippen LogP contribution in [-0.2, 0) is 9.59 Å². The summed E-state index contributed by atoms with van der Waals surface area (Å²) < 4.78 is 39.7. The van der Waals surface area contributed by atoms with Crippen LogP contribution in [0.2, 0.25) is 0 Å². The third-order valence-electron chi connectivity index (χ3n) is 4.74. The first kappa shape index (κ1) is 19.3. The standard InChI is InChI=1S/C15H22F3N3O4/c1-9(2)19-13(25)21-6-3-4-10(21)11(22)20-7-5-14(8-20,12(23)24)15(16,17)18/h9-10H,3-8H2,1-2H3,(H,19,25)(H,23,24)/t10-,14?/m0/s1. The van der Waals surface area contributed by atoms with Crippen LogP contribution in [-0.4, -0.2) is 70.7 Å². The summed E-state index contributed by atoms with van der Waals surface area (Å²) in [5.41, 5.74) is -2.94. The monoisotopic (exact) mass is 365 g/mol. The quantitative estimate of drug-likeness (QED) is 0.792. The highest BCUT2D eigenvalue weighted by atomic mass is 19.4. The molecule has 2 saturated heterocycles. The van der Waals surface area contributed by atoms with Crippen LogP contribution in [0.25, 0.3) is 0 Å². The molecule has 0 aromatic rings. The van der Waals surface area contributed by atoms with Gasteiger partial charge in [0.25, 0.3) is 0 Å². The van der Waals surface area contributed by atoms with Crippen LogP contribution in [0.4, 0.5) is 18.0 Å². The van der Waals surface area contributed by atoms with E-state index in [-0.39, 0.29) is 12.6 Å². The Morgan fingerprint density at radius 1 is 1.24 bits per heavy atom. The molecule has 25 heavy (non-hydrogen) atoms. The van der Waals surface area contributed by atoms with Gasteiger partial charge in [-0.25, -0.2) is 4.79 Å². The fourth-order valence-corrected chi connectivity index (χ4v) is 3.33. The maximum atomic E-state index is 13.2. The Hall–Kier alpha value is -2.00. The summed E-state index contributed by atoms with van der Waals surface area (Å²) in [4.78, 5) is 38.2. The van der Waals surface area contributed by atoms with E-state index >= 15 is 0 Å². The Morgan fingerprint density at radius 2 is 1.88 bits per heavy atom. The molecule has 0 radical (unpaired) electrons. The van der Waals surface area contributed by atoms with Crippen molar-refractivity contribution in [1.29, 1.82) is 0 Å². The van der Waals surface area contributed by atoms with Crippen LogP contribution < -0.4 is 5.32 Å². The number of nitrogens with one attached hydrogen (secondary N) is 1. The molecule has 2 aliphatic rings. The molecule has 0 spiro atoms. The Labute approximate surface area is 143 Å². The molecule has 2 atom stereocenters. The number of amides is 3. The molecule has 2 rings (SSSR count). The second kappa shape index (κ2) is 6.72. The van der Waals surface area contributed by atoms with Gasteiger partial charge >= 0.3 is 18.2 Å². The van der Waals surface area contributed by atoms with Crippen molar-refractivity contribution in [3.63, 3.8) is 0 Å². The predicted octanol–water partition coefficient (Wildman–Crippen LogP) is 1.43. The van der Waals surface area contributed by atoms with Crippen molar-refractivity contribution < 1.29 is 32.7 Å². The molecule has 0 aliphatic carbocycles.